The standard InChI is InChI=1S/C12H17NO3/c14-10(12(11(15)16)7-4-8-12)13-9-5-2-1-3-6-9/h1-2,9H,3-8H2,(H,13,14)(H,15,16). The first kappa shape index (κ1) is 11.2. The largest absolute Gasteiger partial charge is 0.480 e. The fourth-order valence-corrected chi connectivity index (χ4v) is 2.32. The maximum atomic E-state index is 11.9. The summed E-state index contributed by atoms with van der Waals surface area (Å²) < 4.78 is 0. The molecule has 0 bridgehead atoms. The van der Waals surface area contributed by atoms with Crippen LogP contribution in [-0.4, -0.2) is 23.0 Å². The molecule has 2 N–H and O–H groups in total. The molecule has 4 heteroatoms. The predicted molar refractivity (Wildman–Crippen MR) is 58.8 cm³/mol. The van der Waals surface area contributed by atoms with Crippen LogP contribution in [0.15, 0.2) is 12.2 Å². The van der Waals surface area contributed by atoms with Crippen LogP contribution in [0.3, 0.4) is 0 Å². The summed E-state index contributed by atoms with van der Waals surface area (Å²) in [5.74, 6) is -1.26. The van der Waals surface area contributed by atoms with Gasteiger partial charge in [-0.2, -0.15) is 0 Å². The van der Waals surface area contributed by atoms with E-state index in [4.69, 9.17) is 5.11 Å². The summed E-state index contributed by atoms with van der Waals surface area (Å²) in [5.41, 5.74) is -1.12. The zero-order valence-corrected chi connectivity index (χ0v) is 9.24. The lowest BCUT2D eigenvalue weighted by Gasteiger charge is -2.37. The van der Waals surface area contributed by atoms with Crippen molar-refractivity contribution < 1.29 is 14.7 Å². The minimum Gasteiger partial charge on any atom is -0.480 e. The van der Waals surface area contributed by atoms with E-state index in [1.54, 1.807) is 0 Å². The Hall–Kier alpha value is -1.32. The third kappa shape index (κ3) is 1.84. The molecule has 0 heterocycles. The molecule has 0 radical (unpaired) electrons. The summed E-state index contributed by atoms with van der Waals surface area (Å²) in [6, 6.07) is 0.120. The molecule has 1 amide bonds. The first-order valence-corrected chi connectivity index (χ1v) is 5.84. The lowest BCUT2D eigenvalue weighted by atomic mass is 9.68. The second-order valence-electron chi connectivity index (χ2n) is 4.70. The molecular weight excluding hydrogens is 206 g/mol. The highest BCUT2D eigenvalue weighted by molar-refractivity contribution is 6.02. The number of carboxylic acid groups (broad SMARTS) is 1. The van der Waals surface area contributed by atoms with Crippen molar-refractivity contribution in [3.63, 3.8) is 0 Å². The average molecular weight is 223 g/mol. The summed E-state index contributed by atoms with van der Waals surface area (Å²) in [6.07, 6.45) is 8.64. The number of aliphatic carboxylic acids is 1. The van der Waals surface area contributed by atoms with Crippen LogP contribution in [0, 0.1) is 5.41 Å². The van der Waals surface area contributed by atoms with Gasteiger partial charge in [-0.05, 0) is 32.1 Å². The first-order valence-electron chi connectivity index (χ1n) is 5.84. The third-order valence-electron chi connectivity index (χ3n) is 3.66. The van der Waals surface area contributed by atoms with Crippen molar-refractivity contribution in [1.29, 1.82) is 0 Å². The lowest BCUT2D eigenvalue weighted by Crippen LogP contribution is -2.53. The highest BCUT2D eigenvalue weighted by Gasteiger charge is 2.51. The van der Waals surface area contributed by atoms with Crippen molar-refractivity contribution in [2.45, 2.75) is 44.6 Å². The van der Waals surface area contributed by atoms with E-state index in [1.165, 1.54) is 0 Å². The Balaban J connectivity index is 1.96. The highest BCUT2D eigenvalue weighted by Crippen LogP contribution is 2.41. The number of amides is 1. The minimum absolute atomic E-state index is 0.120. The quantitative estimate of drug-likeness (QED) is 0.562. The fourth-order valence-electron chi connectivity index (χ4n) is 2.32. The van der Waals surface area contributed by atoms with Gasteiger partial charge in [0.2, 0.25) is 5.91 Å². The topological polar surface area (TPSA) is 66.4 Å². The van der Waals surface area contributed by atoms with Crippen molar-refractivity contribution in [2.75, 3.05) is 0 Å². The van der Waals surface area contributed by atoms with Crippen LogP contribution < -0.4 is 5.32 Å². The Labute approximate surface area is 94.7 Å². The molecule has 0 aromatic heterocycles. The molecule has 0 aromatic rings. The van der Waals surface area contributed by atoms with Gasteiger partial charge in [0.05, 0.1) is 0 Å². The van der Waals surface area contributed by atoms with Gasteiger partial charge in [0.25, 0.3) is 0 Å². The molecule has 0 spiro atoms. The fraction of sp³-hybridized carbons (Fsp3) is 0.667. The zero-order valence-electron chi connectivity index (χ0n) is 9.24. The van der Waals surface area contributed by atoms with Gasteiger partial charge in [-0.25, -0.2) is 0 Å². The van der Waals surface area contributed by atoms with E-state index in [1.807, 2.05) is 6.08 Å². The van der Waals surface area contributed by atoms with Gasteiger partial charge in [0.15, 0.2) is 0 Å². The molecule has 2 rings (SSSR count). The van der Waals surface area contributed by atoms with E-state index in [2.05, 4.69) is 11.4 Å². The van der Waals surface area contributed by atoms with E-state index in [0.717, 1.165) is 25.7 Å². The zero-order chi connectivity index (χ0) is 11.6. The maximum absolute atomic E-state index is 11.9. The molecule has 1 fully saturated rings. The van der Waals surface area contributed by atoms with Gasteiger partial charge in [-0.3, -0.25) is 9.59 Å². The molecule has 0 aromatic carbocycles. The molecule has 16 heavy (non-hydrogen) atoms. The van der Waals surface area contributed by atoms with Crippen LogP contribution in [0.1, 0.15) is 38.5 Å². The Bertz CT molecular complexity index is 331. The molecule has 4 nitrogen and oxygen atoms in total. The van der Waals surface area contributed by atoms with E-state index in [9.17, 15) is 9.59 Å². The second-order valence-corrected chi connectivity index (χ2v) is 4.70. The number of carboxylic acids is 1. The Morgan fingerprint density at radius 3 is 2.50 bits per heavy atom. The summed E-state index contributed by atoms with van der Waals surface area (Å²) in [5, 5.41) is 12.0. The highest BCUT2D eigenvalue weighted by atomic mass is 16.4. The van der Waals surface area contributed by atoms with Gasteiger partial charge < -0.3 is 10.4 Å². The molecule has 0 saturated heterocycles. The summed E-state index contributed by atoms with van der Waals surface area (Å²) in [4.78, 5) is 23.1. The van der Waals surface area contributed by atoms with E-state index in [-0.39, 0.29) is 11.9 Å². The van der Waals surface area contributed by atoms with Crippen LogP contribution in [0.25, 0.3) is 0 Å². The first-order chi connectivity index (χ1) is 7.65. The molecule has 2 aliphatic carbocycles. The minimum atomic E-state index is -1.12. The average Bonchev–Trinajstić information content (AvgIpc) is 2.16. The van der Waals surface area contributed by atoms with Crippen molar-refractivity contribution >= 4 is 11.9 Å². The van der Waals surface area contributed by atoms with Crippen molar-refractivity contribution in [2.24, 2.45) is 5.41 Å². The van der Waals surface area contributed by atoms with Gasteiger partial charge in [0, 0.05) is 6.04 Å². The van der Waals surface area contributed by atoms with E-state index >= 15 is 0 Å². The second kappa shape index (κ2) is 4.28. The van der Waals surface area contributed by atoms with Crippen LogP contribution in [0.5, 0.6) is 0 Å². The number of hydrogen-bond donors (Lipinski definition) is 2. The molecule has 1 saturated carbocycles. The van der Waals surface area contributed by atoms with Crippen LogP contribution in [-0.2, 0) is 9.59 Å². The van der Waals surface area contributed by atoms with Crippen LogP contribution in [0.4, 0.5) is 0 Å². The van der Waals surface area contributed by atoms with Crippen molar-refractivity contribution in [3.05, 3.63) is 12.2 Å². The summed E-state index contributed by atoms with van der Waals surface area (Å²) >= 11 is 0. The number of carbonyl (C=O) groups is 2. The normalized spacial score (nSPS) is 26.9. The predicted octanol–water partition coefficient (Wildman–Crippen LogP) is 1.47. The number of carbonyl (C=O) groups excluding carboxylic acids is 1. The van der Waals surface area contributed by atoms with Crippen molar-refractivity contribution in [1.82, 2.24) is 5.32 Å². The van der Waals surface area contributed by atoms with E-state index in [0.29, 0.717) is 12.8 Å². The van der Waals surface area contributed by atoms with Gasteiger partial charge >= 0.3 is 5.97 Å². The van der Waals surface area contributed by atoms with Crippen LogP contribution in [0.2, 0.25) is 0 Å². The van der Waals surface area contributed by atoms with E-state index < -0.39 is 11.4 Å². The van der Waals surface area contributed by atoms with Crippen molar-refractivity contribution in [3.8, 4) is 0 Å². The lowest BCUT2D eigenvalue weighted by molar-refractivity contribution is -0.162. The molecule has 2 aliphatic rings. The number of hydrogen-bond acceptors (Lipinski definition) is 2. The number of allylic oxidation sites excluding steroid dienone is 1. The van der Waals surface area contributed by atoms with Crippen LogP contribution >= 0.6 is 0 Å². The molecule has 0 aliphatic heterocycles. The monoisotopic (exact) mass is 223 g/mol. The summed E-state index contributed by atoms with van der Waals surface area (Å²) in [6.45, 7) is 0. The molecule has 1 atom stereocenters. The van der Waals surface area contributed by atoms with Gasteiger partial charge in [-0.15, -0.1) is 0 Å². The Kier molecular flexibility index (Phi) is 2.99. The number of nitrogens with one attached hydrogen (secondary N) is 1. The summed E-state index contributed by atoms with van der Waals surface area (Å²) in [7, 11) is 0. The smallest absolute Gasteiger partial charge is 0.319 e. The van der Waals surface area contributed by atoms with Gasteiger partial charge in [0.1, 0.15) is 5.41 Å². The molecular formula is C12H17NO3. The Morgan fingerprint density at radius 1 is 1.31 bits per heavy atom. The SMILES string of the molecule is O=C(O)C1(C(=O)NC2CC=CCC2)CCC1. The maximum Gasteiger partial charge on any atom is 0.319 e. The molecule has 1 unspecified atom stereocenters. The van der Waals surface area contributed by atoms with Gasteiger partial charge in [-0.1, -0.05) is 18.6 Å². The Morgan fingerprint density at radius 2 is 2.06 bits per heavy atom. The molecule has 88 valence electrons. The number of rotatable bonds is 3. The third-order valence-corrected chi connectivity index (χ3v) is 3.66.